The Bertz CT molecular complexity index is 276. The van der Waals surface area contributed by atoms with Crippen LogP contribution < -0.4 is 0 Å². The molecule has 1 heteroatoms. The van der Waals surface area contributed by atoms with Crippen molar-refractivity contribution in [2.45, 2.75) is 26.1 Å². The van der Waals surface area contributed by atoms with Crippen molar-refractivity contribution in [3.8, 4) is 0 Å². The number of fused-ring (bicyclic) bond motifs is 1. The largest absolute Gasteiger partial charge is 0.366 e. The molecule has 57 valence electrons. The fraction of sp³-hybridized carbons (Fsp3) is 0.400. The standard InChI is InChI=1S/C10H11O/c1-10(2)9-6-4-3-5-8(9)7-11-10/h4-6H,7H2,1-2H3. The molecule has 0 spiro atoms. The lowest BCUT2D eigenvalue weighted by Gasteiger charge is -2.17. The third-order valence-electron chi connectivity index (χ3n) is 2.19. The first-order valence-electron chi connectivity index (χ1n) is 3.83. The van der Waals surface area contributed by atoms with Crippen molar-refractivity contribution in [2.75, 3.05) is 0 Å². The van der Waals surface area contributed by atoms with Crippen LogP contribution in [0, 0.1) is 6.07 Å². The molecule has 1 aromatic rings. The summed E-state index contributed by atoms with van der Waals surface area (Å²) in [6.45, 7) is 4.93. The summed E-state index contributed by atoms with van der Waals surface area (Å²) in [7, 11) is 0. The Morgan fingerprint density at radius 1 is 1.55 bits per heavy atom. The average Bonchev–Trinajstić information content (AvgIpc) is 2.29. The average molecular weight is 147 g/mol. The molecule has 0 amide bonds. The van der Waals surface area contributed by atoms with Gasteiger partial charge in [0.25, 0.3) is 0 Å². The van der Waals surface area contributed by atoms with Crippen molar-refractivity contribution >= 4 is 0 Å². The molecule has 0 bridgehead atoms. The van der Waals surface area contributed by atoms with Gasteiger partial charge in [0.1, 0.15) is 0 Å². The monoisotopic (exact) mass is 147 g/mol. The van der Waals surface area contributed by atoms with Gasteiger partial charge in [-0.1, -0.05) is 12.1 Å². The van der Waals surface area contributed by atoms with Crippen LogP contribution in [0.5, 0.6) is 0 Å². The minimum Gasteiger partial charge on any atom is -0.366 e. The van der Waals surface area contributed by atoms with Crippen LogP contribution in [0.3, 0.4) is 0 Å². The van der Waals surface area contributed by atoms with Gasteiger partial charge in [-0.15, -0.1) is 0 Å². The Kier molecular flexibility index (Phi) is 1.30. The van der Waals surface area contributed by atoms with Gasteiger partial charge >= 0.3 is 0 Å². The first-order valence-corrected chi connectivity index (χ1v) is 3.83. The third-order valence-corrected chi connectivity index (χ3v) is 2.19. The Morgan fingerprint density at radius 3 is 3.09 bits per heavy atom. The fourth-order valence-electron chi connectivity index (χ4n) is 1.51. The molecule has 0 aliphatic carbocycles. The van der Waals surface area contributed by atoms with Crippen LogP contribution in [0.2, 0.25) is 0 Å². The Balaban J connectivity index is 2.56. The molecule has 0 unspecified atom stereocenters. The van der Waals surface area contributed by atoms with E-state index in [1.54, 1.807) is 0 Å². The van der Waals surface area contributed by atoms with E-state index in [2.05, 4.69) is 26.0 Å². The highest BCUT2D eigenvalue weighted by atomic mass is 16.5. The van der Waals surface area contributed by atoms with E-state index in [1.807, 2.05) is 12.1 Å². The number of ether oxygens (including phenoxy) is 1. The lowest BCUT2D eigenvalue weighted by molar-refractivity contribution is -0.00789. The van der Waals surface area contributed by atoms with Crippen LogP contribution >= 0.6 is 0 Å². The Hall–Kier alpha value is -0.820. The molecule has 1 heterocycles. The van der Waals surface area contributed by atoms with Gasteiger partial charge in [-0.05, 0) is 37.1 Å². The van der Waals surface area contributed by atoms with Crippen molar-refractivity contribution in [1.29, 1.82) is 0 Å². The highest BCUT2D eigenvalue weighted by Crippen LogP contribution is 2.34. The minimum absolute atomic E-state index is 0.0928. The van der Waals surface area contributed by atoms with E-state index < -0.39 is 0 Å². The van der Waals surface area contributed by atoms with Crippen LogP contribution in [-0.2, 0) is 16.9 Å². The summed E-state index contributed by atoms with van der Waals surface area (Å²) in [5.41, 5.74) is 2.48. The molecule has 1 aliphatic rings. The second-order valence-electron chi connectivity index (χ2n) is 3.38. The van der Waals surface area contributed by atoms with Crippen molar-refractivity contribution < 1.29 is 4.74 Å². The van der Waals surface area contributed by atoms with Crippen LogP contribution in [0.15, 0.2) is 18.2 Å². The molecule has 0 saturated carbocycles. The van der Waals surface area contributed by atoms with Gasteiger partial charge < -0.3 is 4.74 Å². The summed E-state index contributed by atoms with van der Waals surface area (Å²) in [6.07, 6.45) is 0. The van der Waals surface area contributed by atoms with Crippen LogP contribution in [-0.4, -0.2) is 0 Å². The maximum Gasteiger partial charge on any atom is 0.0883 e. The minimum atomic E-state index is -0.0928. The third kappa shape index (κ3) is 0.962. The molecule has 11 heavy (non-hydrogen) atoms. The molecule has 1 radical (unpaired) electrons. The lowest BCUT2D eigenvalue weighted by Crippen LogP contribution is -2.14. The predicted octanol–water partition coefficient (Wildman–Crippen LogP) is 2.25. The zero-order valence-electron chi connectivity index (χ0n) is 6.85. The Labute approximate surface area is 67.0 Å². The number of hydrogen-bond donors (Lipinski definition) is 0. The van der Waals surface area contributed by atoms with Gasteiger partial charge in [0.15, 0.2) is 0 Å². The van der Waals surface area contributed by atoms with Gasteiger partial charge in [0, 0.05) is 0 Å². The van der Waals surface area contributed by atoms with E-state index in [1.165, 1.54) is 11.1 Å². The maximum atomic E-state index is 5.59. The second kappa shape index (κ2) is 2.08. The van der Waals surface area contributed by atoms with Crippen LogP contribution in [0.25, 0.3) is 0 Å². The fourth-order valence-corrected chi connectivity index (χ4v) is 1.51. The molecule has 0 aromatic heterocycles. The molecular weight excluding hydrogens is 136 g/mol. The lowest BCUT2D eigenvalue weighted by atomic mass is 9.97. The quantitative estimate of drug-likeness (QED) is 0.547. The first-order chi connectivity index (χ1) is 5.20. The first kappa shape index (κ1) is 6.86. The molecular formula is C10H11O. The van der Waals surface area contributed by atoms with Crippen molar-refractivity contribution in [1.82, 2.24) is 0 Å². The SMILES string of the molecule is CC1(C)OCc2c[c]ccc21. The molecule has 1 nitrogen and oxygen atoms in total. The molecule has 0 N–H and O–H groups in total. The highest BCUT2D eigenvalue weighted by molar-refractivity contribution is 5.33. The number of hydrogen-bond acceptors (Lipinski definition) is 1. The van der Waals surface area contributed by atoms with Crippen molar-refractivity contribution in [3.63, 3.8) is 0 Å². The summed E-state index contributed by atoms with van der Waals surface area (Å²) < 4.78 is 5.59. The van der Waals surface area contributed by atoms with Gasteiger partial charge in [-0.3, -0.25) is 0 Å². The van der Waals surface area contributed by atoms with Crippen LogP contribution in [0.4, 0.5) is 0 Å². The van der Waals surface area contributed by atoms with Gasteiger partial charge in [0.05, 0.1) is 12.2 Å². The molecule has 0 atom stereocenters. The summed E-state index contributed by atoms with van der Waals surface area (Å²) in [5.74, 6) is 0. The normalized spacial score (nSPS) is 19.8. The van der Waals surface area contributed by atoms with Crippen molar-refractivity contribution in [3.05, 3.63) is 35.4 Å². The van der Waals surface area contributed by atoms with E-state index in [4.69, 9.17) is 4.74 Å². The topological polar surface area (TPSA) is 9.23 Å². The van der Waals surface area contributed by atoms with E-state index in [-0.39, 0.29) is 5.60 Å². The second-order valence-corrected chi connectivity index (χ2v) is 3.38. The molecule has 1 aromatic carbocycles. The summed E-state index contributed by atoms with van der Waals surface area (Å²) >= 11 is 0. The van der Waals surface area contributed by atoms with E-state index >= 15 is 0 Å². The van der Waals surface area contributed by atoms with Crippen LogP contribution in [0.1, 0.15) is 25.0 Å². The molecule has 2 rings (SSSR count). The Morgan fingerprint density at radius 2 is 2.36 bits per heavy atom. The van der Waals surface area contributed by atoms with E-state index in [9.17, 15) is 0 Å². The summed E-state index contributed by atoms with van der Waals surface area (Å²) in [6, 6.07) is 9.08. The highest BCUT2D eigenvalue weighted by Gasteiger charge is 2.29. The number of rotatable bonds is 0. The molecule has 1 aliphatic heterocycles. The van der Waals surface area contributed by atoms with Gasteiger partial charge in [-0.25, -0.2) is 0 Å². The number of benzene rings is 1. The smallest absolute Gasteiger partial charge is 0.0883 e. The predicted molar refractivity (Wildman–Crippen MR) is 43.1 cm³/mol. The molecule has 0 saturated heterocycles. The molecule has 0 fully saturated rings. The summed E-state index contributed by atoms with van der Waals surface area (Å²) in [5, 5.41) is 0. The van der Waals surface area contributed by atoms with E-state index in [0.717, 1.165) is 6.61 Å². The van der Waals surface area contributed by atoms with E-state index in [0.29, 0.717) is 0 Å². The van der Waals surface area contributed by atoms with Crippen molar-refractivity contribution in [2.24, 2.45) is 0 Å². The zero-order chi connectivity index (χ0) is 7.90. The van der Waals surface area contributed by atoms with Gasteiger partial charge in [0.2, 0.25) is 0 Å². The summed E-state index contributed by atoms with van der Waals surface area (Å²) in [4.78, 5) is 0. The van der Waals surface area contributed by atoms with Gasteiger partial charge in [-0.2, -0.15) is 0 Å². The zero-order valence-corrected chi connectivity index (χ0v) is 6.85. The maximum absolute atomic E-state index is 5.59.